The third kappa shape index (κ3) is 7.24. The monoisotopic (exact) mass is 653 g/mol. The fourth-order valence-electron chi connectivity index (χ4n) is 4.80. The molecule has 1 amide bonds. The largest absolute Gasteiger partial charge is 0.495 e. The van der Waals surface area contributed by atoms with Gasteiger partial charge in [0.1, 0.15) is 23.1 Å². The Morgan fingerprint density at radius 1 is 1.20 bits per heavy atom. The van der Waals surface area contributed by atoms with Gasteiger partial charge in [0.2, 0.25) is 5.95 Å². The highest BCUT2D eigenvalue weighted by atomic mass is 35.5. The van der Waals surface area contributed by atoms with Crippen LogP contribution in [0.2, 0.25) is 23.2 Å². The minimum absolute atomic E-state index is 0.0174. The number of hydrogen-bond donors (Lipinski definition) is 1. The van der Waals surface area contributed by atoms with E-state index in [1.165, 1.54) is 18.1 Å². The van der Waals surface area contributed by atoms with Crippen LogP contribution in [0.3, 0.4) is 0 Å². The van der Waals surface area contributed by atoms with E-state index in [1.54, 1.807) is 45.0 Å². The first-order valence-corrected chi connectivity index (χ1v) is 17.9. The molecule has 0 aliphatic carbocycles. The molecule has 9 nitrogen and oxygen atoms in total. The van der Waals surface area contributed by atoms with Crippen LogP contribution in [0.25, 0.3) is 11.3 Å². The van der Waals surface area contributed by atoms with Crippen LogP contribution in [-0.2, 0) is 14.6 Å². The number of methoxy groups -OCH3 is 1. The van der Waals surface area contributed by atoms with Crippen molar-refractivity contribution in [2.24, 2.45) is 0 Å². The van der Waals surface area contributed by atoms with Crippen LogP contribution in [0, 0.1) is 17.1 Å². The molecule has 1 N–H and O–H groups in total. The second-order valence-electron chi connectivity index (χ2n) is 14.1. The number of halogens is 2. The van der Waals surface area contributed by atoms with Gasteiger partial charge in [-0.25, -0.2) is 19.2 Å². The number of carbonyl (C=O) groups excluding carboxylic acids is 1. The van der Waals surface area contributed by atoms with E-state index in [0.717, 1.165) is 6.20 Å². The molecular weight excluding hydrogens is 613 g/mol. The number of aromatic nitrogens is 2. The van der Waals surface area contributed by atoms with Gasteiger partial charge in [0.15, 0.2) is 14.1 Å². The lowest BCUT2D eigenvalue weighted by Gasteiger charge is -2.39. The number of fused-ring (bicyclic) bond motifs is 1. The molecule has 4 rings (SSSR count). The van der Waals surface area contributed by atoms with Gasteiger partial charge in [0.25, 0.3) is 0 Å². The molecule has 0 spiro atoms. The lowest BCUT2D eigenvalue weighted by Crippen LogP contribution is -2.46. The van der Waals surface area contributed by atoms with Crippen LogP contribution in [0.4, 0.5) is 26.5 Å². The Balaban J connectivity index is 1.84. The standard InChI is InChI=1S/C33H41ClFN5O4Si/c1-31(2,3)44-30(41)40-18-33(7,19-43-45(9,10)32(4,5)6)23-14-20(13-21(16-36)28(23)40)27-24(35)17-37-29(39-27)38-25-15-22(34)11-12-26(25)42-8/h11-15,17H,18-19H2,1-10H3,(H,37,38,39). The quantitative estimate of drug-likeness (QED) is 0.253. The first kappa shape index (κ1) is 34.2. The minimum atomic E-state index is -2.20. The zero-order valence-electron chi connectivity index (χ0n) is 27.6. The molecule has 0 saturated carbocycles. The number of benzene rings is 2. The maximum Gasteiger partial charge on any atom is 0.414 e. The number of carbonyl (C=O) groups is 1. The zero-order valence-corrected chi connectivity index (χ0v) is 29.3. The van der Waals surface area contributed by atoms with Gasteiger partial charge >= 0.3 is 6.09 Å². The summed E-state index contributed by atoms with van der Waals surface area (Å²) in [6, 6.07) is 10.6. The Hall–Kier alpha value is -3.72. The Bertz CT molecular complexity index is 1660. The SMILES string of the molecule is COc1ccc(Cl)cc1Nc1ncc(F)c(-c2cc(C#N)c3c(c2)C(C)(CO[Si](C)(C)C(C)(C)C)CN3C(=O)OC(C)(C)C)n1. The van der Waals surface area contributed by atoms with Gasteiger partial charge in [0.05, 0.1) is 30.2 Å². The third-order valence-corrected chi connectivity index (χ3v) is 13.0. The van der Waals surface area contributed by atoms with E-state index in [0.29, 0.717) is 33.3 Å². The number of nitrogens with zero attached hydrogens (tertiary/aromatic N) is 4. The van der Waals surface area contributed by atoms with Crippen LogP contribution in [-0.4, -0.2) is 50.2 Å². The molecule has 0 bridgehead atoms. The first-order chi connectivity index (χ1) is 20.8. The van der Waals surface area contributed by atoms with Gasteiger partial charge in [-0.1, -0.05) is 39.3 Å². The van der Waals surface area contributed by atoms with E-state index in [9.17, 15) is 10.1 Å². The third-order valence-electron chi connectivity index (χ3n) is 8.25. The van der Waals surface area contributed by atoms with Crippen molar-refractivity contribution < 1.29 is 23.1 Å². The van der Waals surface area contributed by atoms with Crippen LogP contribution in [0.5, 0.6) is 5.75 Å². The van der Waals surface area contributed by atoms with Crippen molar-refractivity contribution in [1.82, 2.24) is 9.97 Å². The second kappa shape index (κ2) is 12.2. The molecule has 0 radical (unpaired) electrons. The Labute approximate surface area is 270 Å². The van der Waals surface area contributed by atoms with Gasteiger partial charge in [-0.2, -0.15) is 5.26 Å². The highest BCUT2D eigenvalue weighted by molar-refractivity contribution is 6.74. The molecule has 12 heteroatoms. The Kier molecular flexibility index (Phi) is 9.28. The Morgan fingerprint density at radius 2 is 1.89 bits per heavy atom. The number of amides is 1. The summed E-state index contributed by atoms with van der Waals surface area (Å²) in [5.74, 6) is -0.0769. The van der Waals surface area contributed by atoms with Crippen molar-refractivity contribution in [1.29, 1.82) is 5.26 Å². The van der Waals surface area contributed by atoms with Crippen LogP contribution < -0.4 is 15.0 Å². The molecule has 240 valence electrons. The van der Waals surface area contributed by atoms with Crippen molar-refractivity contribution in [3.05, 3.63) is 58.5 Å². The summed E-state index contributed by atoms with van der Waals surface area (Å²) in [7, 11) is -0.682. The predicted octanol–water partition coefficient (Wildman–Crippen LogP) is 8.59. The van der Waals surface area contributed by atoms with E-state index < -0.39 is 31.2 Å². The summed E-state index contributed by atoms with van der Waals surface area (Å²) in [5, 5.41) is 13.8. The molecule has 2 heterocycles. The predicted molar refractivity (Wildman–Crippen MR) is 178 cm³/mol. The first-order valence-electron chi connectivity index (χ1n) is 14.7. The van der Waals surface area contributed by atoms with E-state index >= 15 is 4.39 Å². The summed E-state index contributed by atoms with van der Waals surface area (Å²) < 4.78 is 33.2. The number of nitriles is 1. The van der Waals surface area contributed by atoms with Gasteiger partial charge in [-0.05, 0) is 74.8 Å². The van der Waals surface area contributed by atoms with Gasteiger partial charge in [-0.15, -0.1) is 0 Å². The molecule has 1 unspecified atom stereocenters. The van der Waals surface area contributed by atoms with Crippen molar-refractivity contribution in [2.75, 3.05) is 30.5 Å². The zero-order chi connectivity index (χ0) is 33.5. The normalized spacial score (nSPS) is 16.6. The molecular formula is C33H41ClFN5O4Si. The maximum absolute atomic E-state index is 15.4. The summed E-state index contributed by atoms with van der Waals surface area (Å²) in [5.41, 5.74) is 0.638. The van der Waals surface area contributed by atoms with Gasteiger partial charge in [0, 0.05) is 29.2 Å². The van der Waals surface area contributed by atoms with Crippen molar-refractivity contribution in [3.63, 3.8) is 0 Å². The van der Waals surface area contributed by atoms with E-state index in [4.69, 9.17) is 25.5 Å². The number of nitrogens with one attached hydrogen (secondary N) is 1. The number of hydrogen-bond acceptors (Lipinski definition) is 8. The number of ether oxygens (including phenoxy) is 2. The fraction of sp³-hybridized carbons (Fsp3) is 0.455. The van der Waals surface area contributed by atoms with Crippen molar-refractivity contribution >= 4 is 43.3 Å². The summed E-state index contributed by atoms with van der Waals surface area (Å²) in [6.07, 6.45) is 0.493. The molecule has 1 aliphatic heterocycles. The van der Waals surface area contributed by atoms with E-state index in [1.807, 2.05) is 6.92 Å². The molecule has 0 fully saturated rings. The summed E-state index contributed by atoms with van der Waals surface area (Å²) >= 11 is 6.18. The van der Waals surface area contributed by atoms with Crippen molar-refractivity contribution in [2.45, 2.75) is 77.6 Å². The summed E-state index contributed by atoms with van der Waals surface area (Å²) in [6.45, 7) is 18.7. The highest BCUT2D eigenvalue weighted by Crippen LogP contribution is 2.47. The molecule has 1 aliphatic rings. The van der Waals surface area contributed by atoms with E-state index in [-0.39, 0.29) is 35.4 Å². The number of anilines is 3. The minimum Gasteiger partial charge on any atom is -0.495 e. The van der Waals surface area contributed by atoms with Crippen molar-refractivity contribution in [3.8, 4) is 23.1 Å². The van der Waals surface area contributed by atoms with Crippen LogP contribution in [0.1, 0.15) is 59.6 Å². The fourth-order valence-corrected chi connectivity index (χ4v) is 6.09. The molecule has 0 saturated heterocycles. The molecule has 1 aromatic heterocycles. The molecule has 3 aromatic rings. The highest BCUT2D eigenvalue weighted by Gasteiger charge is 2.47. The molecule has 45 heavy (non-hydrogen) atoms. The lowest BCUT2D eigenvalue weighted by molar-refractivity contribution is 0.0575. The molecule has 2 aromatic carbocycles. The topological polar surface area (TPSA) is 110 Å². The second-order valence-corrected chi connectivity index (χ2v) is 19.3. The molecule has 1 atom stereocenters. The smallest absolute Gasteiger partial charge is 0.414 e. The summed E-state index contributed by atoms with van der Waals surface area (Å²) in [4.78, 5) is 23.6. The number of rotatable bonds is 7. The van der Waals surface area contributed by atoms with Gasteiger partial charge < -0.3 is 19.2 Å². The average Bonchev–Trinajstić information content (AvgIpc) is 3.24. The maximum atomic E-state index is 15.4. The average molecular weight is 654 g/mol. The van der Waals surface area contributed by atoms with Crippen LogP contribution >= 0.6 is 11.6 Å². The Morgan fingerprint density at radius 3 is 2.49 bits per heavy atom. The van der Waals surface area contributed by atoms with Gasteiger partial charge in [-0.3, -0.25) is 4.90 Å². The van der Waals surface area contributed by atoms with Crippen LogP contribution in [0.15, 0.2) is 36.5 Å². The lowest BCUT2D eigenvalue weighted by atomic mass is 9.83. The van der Waals surface area contributed by atoms with E-state index in [2.05, 4.69) is 55.2 Å².